The van der Waals surface area contributed by atoms with E-state index in [2.05, 4.69) is 24.4 Å². The number of aryl methyl sites for hydroxylation is 1. The normalized spacial score (nSPS) is 13.6. The lowest BCUT2D eigenvalue weighted by Crippen LogP contribution is -2.33. The molecule has 7 heteroatoms. The summed E-state index contributed by atoms with van der Waals surface area (Å²) in [5, 5.41) is 2.97. The molecule has 0 spiro atoms. The first-order valence-electron chi connectivity index (χ1n) is 13.4. The van der Waals surface area contributed by atoms with Crippen molar-refractivity contribution in [2.45, 2.75) is 24.8 Å². The molecule has 5 rings (SSSR count). The SMILES string of the molecule is COc1ccc(CCNC(=O)c2ccc(/C=C3/Sc4ccccc4N(Cc4ccccc4C)C3=O)cc2)cc1OC. The summed E-state index contributed by atoms with van der Waals surface area (Å²) in [6.07, 6.45) is 2.56. The zero-order valence-corrected chi connectivity index (χ0v) is 24.2. The van der Waals surface area contributed by atoms with Crippen LogP contribution in [0.25, 0.3) is 6.08 Å². The van der Waals surface area contributed by atoms with Crippen molar-refractivity contribution >= 4 is 35.3 Å². The van der Waals surface area contributed by atoms with Gasteiger partial charge in [0.15, 0.2) is 11.5 Å². The van der Waals surface area contributed by atoms with Crippen LogP contribution in [0.3, 0.4) is 0 Å². The van der Waals surface area contributed by atoms with E-state index >= 15 is 0 Å². The molecule has 0 bridgehead atoms. The maximum absolute atomic E-state index is 13.7. The molecular weight excluding hydrogens is 532 g/mol. The summed E-state index contributed by atoms with van der Waals surface area (Å²) in [6.45, 7) is 3.05. The highest BCUT2D eigenvalue weighted by Gasteiger charge is 2.29. The predicted molar refractivity (Wildman–Crippen MR) is 165 cm³/mol. The molecule has 0 aromatic heterocycles. The third-order valence-electron chi connectivity index (χ3n) is 7.04. The maximum Gasteiger partial charge on any atom is 0.265 e. The minimum atomic E-state index is -0.147. The number of anilines is 1. The second kappa shape index (κ2) is 12.8. The van der Waals surface area contributed by atoms with Gasteiger partial charge in [-0.15, -0.1) is 0 Å². The molecule has 6 nitrogen and oxygen atoms in total. The average Bonchev–Trinajstić information content (AvgIpc) is 3.00. The van der Waals surface area contributed by atoms with E-state index in [1.807, 2.05) is 77.7 Å². The van der Waals surface area contributed by atoms with Crippen molar-refractivity contribution in [2.24, 2.45) is 0 Å². The largest absolute Gasteiger partial charge is 0.493 e. The van der Waals surface area contributed by atoms with Crippen LogP contribution in [-0.2, 0) is 17.8 Å². The summed E-state index contributed by atoms with van der Waals surface area (Å²) in [5.41, 5.74) is 5.65. The molecule has 41 heavy (non-hydrogen) atoms. The summed E-state index contributed by atoms with van der Waals surface area (Å²) < 4.78 is 10.6. The van der Waals surface area contributed by atoms with E-state index in [0.29, 0.717) is 41.5 Å². The van der Waals surface area contributed by atoms with Gasteiger partial charge in [-0.3, -0.25) is 9.59 Å². The number of benzene rings is 4. The molecule has 0 atom stereocenters. The van der Waals surface area contributed by atoms with Crippen LogP contribution in [0, 0.1) is 6.92 Å². The van der Waals surface area contributed by atoms with Gasteiger partial charge in [-0.1, -0.05) is 66.4 Å². The molecule has 2 amide bonds. The number of rotatable bonds is 9. The lowest BCUT2D eigenvalue weighted by Gasteiger charge is -2.31. The number of methoxy groups -OCH3 is 2. The van der Waals surface area contributed by atoms with Crippen molar-refractivity contribution in [3.63, 3.8) is 0 Å². The van der Waals surface area contributed by atoms with E-state index in [0.717, 1.165) is 32.8 Å². The Labute approximate surface area is 245 Å². The fraction of sp³-hybridized carbons (Fsp3) is 0.176. The number of nitrogens with zero attached hydrogens (tertiary/aromatic N) is 1. The molecule has 0 radical (unpaired) electrons. The second-order valence-corrected chi connectivity index (χ2v) is 10.8. The summed E-state index contributed by atoms with van der Waals surface area (Å²) in [7, 11) is 3.21. The Kier molecular flexibility index (Phi) is 8.75. The summed E-state index contributed by atoms with van der Waals surface area (Å²) in [4.78, 5) is 29.9. The molecule has 4 aromatic rings. The van der Waals surface area contributed by atoms with Crippen LogP contribution in [0.1, 0.15) is 32.6 Å². The van der Waals surface area contributed by atoms with Crippen LogP contribution < -0.4 is 19.7 Å². The highest BCUT2D eigenvalue weighted by molar-refractivity contribution is 8.04. The summed E-state index contributed by atoms with van der Waals surface area (Å²) in [5.74, 6) is 1.16. The third-order valence-corrected chi connectivity index (χ3v) is 8.12. The summed E-state index contributed by atoms with van der Waals surface area (Å²) in [6, 6.07) is 29.2. The van der Waals surface area contributed by atoms with Crippen LogP contribution in [0.15, 0.2) is 101 Å². The van der Waals surface area contributed by atoms with Crippen molar-refractivity contribution in [1.29, 1.82) is 0 Å². The molecule has 0 aliphatic carbocycles. The molecule has 1 heterocycles. The highest BCUT2D eigenvalue weighted by atomic mass is 32.2. The molecule has 1 aliphatic heterocycles. The van der Waals surface area contributed by atoms with Crippen LogP contribution in [0.5, 0.6) is 11.5 Å². The average molecular weight is 565 g/mol. The molecule has 208 valence electrons. The monoisotopic (exact) mass is 564 g/mol. The predicted octanol–water partition coefficient (Wildman–Crippen LogP) is 6.66. The van der Waals surface area contributed by atoms with Crippen molar-refractivity contribution in [1.82, 2.24) is 5.32 Å². The van der Waals surface area contributed by atoms with E-state index in [4.69, 9.17) is 9.47 Å². The van der Waals surface area contributed by atoms with Gasteiger partial charge in [-0.2, -0.15) is 0 Å². The van der Waals surface area contributed by atoms with Gasteiger partial charge in [0.25, 0.3) is 11.8 Å². The van der Waals surface area contributed by atoms with Crippen molar-refractivity contribution in [2.75, 3.05) is 25.7 Å². The van der Waals surface area contributed by atoms with Crippen molar-refractivity contribution in [3.05, 3.63) is 124 Å². The van der Waals surface area contributed by atoms with Gasteiger partial charge in [-0.05, 0) is 78.1 Å². The van der Waals surface area contributed by atoms with Crippen molar-refractivity contribution < 1.29 is 19.1 Å². The second-order valence-electron chi connectivity index (χ2n) is 9.71. The number of fused-ring (bicyclic) bond motifs is 1. The third kappa shape index (κ3) is 6.47. The Morgan fingerprint density at radius 1 is 0.902 bits per heavy atom. The number of amides is 2. The Bertz CT molecular complexity index is 1600. The number of hydrogen-bond donors (Lipinski definition) is 1. The van der Waals surface area contributed by atoms with Gasteiger partial charge < -0.3 is 19.7 Å². The summed E-state index contributed by atoms with van der Waals surface area (Å²) >= 11 is 1.48. The van der Waals surface area contributed by atoms with E-state index < -0.39 is 0 Å². The molecule has 1 aliphatic rings. The number of carbonyl (C=O) groups is 2. The van der Waals surface area contributed by atoms with E-state index in [1.54, 1.807) is 26.4 Å². The first kappa shape index (κ1) is 28.1. The number of hydrogen-bond acceptors (Lipinski definition) is 5. The lowest BCUT2D eigenvalue weighted by molar-refractivity contribution is -0.114. The maximum atomic E-state index is 13.7. The molecule has 1 N–H and O–H groups in total. The fourth-order valence-electron chi connectivity index (χ4n) is 4.72. The minimum absolute atomic E-state index is 0.0334. The molecule has 0 unspecified atom stereocenters. The van der Waals surface area contributed by atoms with E-state index in [-0.39, 0.29) is 11.8 Å². The smallest absolute Gasteiger partial charge is 0.265 e. The van der Waals surface area contributed by atoms with Crippen LogP contribution in [0.4, 0.5) is 5.69 Å². The lowest BCUT2D eigenvalue weighted by atomic mass is 10.1. The number of ether oxygens (including phenoxy) is 2. The van der Waals surface area contributed by atoms with Gasteiger partial charge in [0.2, 0.25) is 0 Å². The van der Waals surface area contributed by atoms with Crippen LogP contribution in [-0.4, -0.2) is 32.6 Å². The first-order chi connectivity index (χ1) is 20.0. The van der Waals surface area contributed by atoms with E-state index in [1.165, 1.54) is 11.8 Å². The number of thioether (sulfide) groups is 1. The fourth-order valence-corrected chi connectivity index (χ4v) is 5.78. The number of carbonyl (C=O) groups excluding carboxylic acids is 2. The minimum Gasteiger partial charge on any atom is -0.493 e. The quantitative estimate of drug-likeness (QED) is 0.230. The molecular formula is C34H32N2O4S. The van der Waals surface area contributed by atoms with Gasteiger partial charge in [0.1, 0.15) is 0 Å². The number of nitrogens with one attached hydrogen (secondary N) is 1. The Morgan fingerprint density at radius 3 is 2.39 bits per heavy atom. The number of para-hydroxylation sites is 1. The van der Waals surface area contributed by atoms with Crippen LogP contribution >= 0.6 is 11.8 Å². The molecule has 0 saturated carbocycles. The van der Waals surface area contributed by atoms with Crippen molar-refractivity contribution in [3.8, 4) is 11.5 Å². The molecule has 0 saturated heterocycles. The zero-order valence-electron chi connectivity index (χ0n) is 23.3. The van der Waals surface area contributed by atoms with Gasteiger partial charge in [0.05, 0.1) is 31.4 Å². The molecule has 4 aromatic carbocycles. The highest BCUT2D eigenvalue weighted by Crippen LogP contribution is 2.42. The Hall–Kier alpha value is -4.49. The Balaban J connectivity index is 1.26. The van der Waals surface area contributed by atoms with Gasteiger partial charge in [-0.25, -0.2) is 0 Å². The molecule has 0 fully saturated rings. The van der Waals surface area contributed by atoms with Gasteiger partial charge in [0, 0.05) is 17.0 Å². The van der Waals surface area contributed by atoms with E-state index in [9.17, 15) is 9.59 Å². The zero-order chi connectivity index (χ0) is 28.8. The Morgan fingerprint density at radius 2 is 1.63 bits per heavy atom. The van der Waals surface area contributed by atoms with Crippen LogP contribution in [0.2, 0.25) is 0 Å². The first-order valence-corrected chi connectivity index (χ1v) is 14.2. The van der Waals surface area contributed by atoms with Gasteiger partial charge >= 0.3 is 0 Å². The standard InChI is InChI=1S/C34H32N2O4S/c1-23-8-4-5-9-27(23)22-36-28-10-6-7-11-31(28)41-32(34(36)38)21-24-12-15-26(16-13-24)33(37)35-19-18-25-14-17-29(39-2)30(20-25)40-3/h4-17,20-21H,18-19,22H2,1-3H3,(H,35,37)/b32-21+. The topological polar surface area (TPSA) is 67.9 Å².